The van der Waals surface area contributed by atoms with Gasteiger partial charge in [-0.1, -0.05) is 30.3 Å². The van der Waals surface area contributed by atoms with Gasteiger partial charge < -0.3 is 10.2 Å². The van der Waals surface area contributed by atoms with Crippen LogP contribution in [0.15, 0.2) is 54.6 Å². The van der Waals surface area contributed by atoms with Crippen LogP contribution in [0.4, 0.5) is 10.1 Å². The number of para-hydroxylation sites is 1. The van der Waals surface area contributed by atoms with Gasteiger partial charge in [0.15, 0.2) is 0 Å². The number of rotatable bonds is 3. The molecule has 124 valence electrons. The third kappa shape index (κ3) is 3.62. The van der Waals surface area contributed by atoms with E-state index in [1.165, 1.54) is 12.1 Å². The Bertz CT molecular complexity index is 733. The van der Waals surface area contributed by atoms with Crippen LogP contribution in [-0.4, -0.2) is 29.8 Å². The molecule has 1 aliphatic rings. The molecule has 1 heterocycles. The van der Waals surface area contributed by atoms with Gasteiger partial charge in [0.1, 0.15) is 5.82 Å². The number of amides is 2. The van der Waals surface area contributed by atoms with Crippen molar-refractivity contribution in [3.63, 3.8) is 0 Å². The molecule has 3 rings (SSSR count). The standard InChI is InChI=1S/C19H19FN2O2/c20-17-11-5-4-10-16(17)19(24)22-12-6-7-14(13-22)18(23)21-15-8-2-1-3-9-15/h1-5,8-11,14H,6-7,12-13H2,(H,21,23)/t14-/m0/s1. The van der Waals surface area contributed by atoms with E-state index in [1.54, 1.807) is 17.0 Å². The van der Waals surface area contributed by atoms with Gasteiger partial charge in [-0.2, -0.15) is 0 Å². The molecule has 0 spiro atoms. The number of benzene rings is 2. The molecule has 4 nitrogen and oxygen atoms in total. The Kier molecular flexibility index (Phi) is 4.89. The van der Waals surface area contributed by atoms with Gasteiger partial charge in [-0.25, -0.2) is 4.39 Å². The summed E-state index contributed by atoms with van der Waals surface area (Å²) in [6.07, 6.45) is 1.45. The summed E-state index contributed by atoms with van der Waals surface area (Å²) in [5.41, 5.74) is 0.793. The summed E-state index contributed by atoms with van der Waals surface area (Å²) < 4.78 is 13.8. The highest BCUT2D eigenvalue weighted by Crippen LogP contribution is 2.21. The van der Waals surface area contributed by atoms with Crippen LogP contribution in [0.5, 0.6) is 0 Å². The number of piperidine rings is 1. The number of carbonyl (C=O) groups is 2. The van der Waals surface area contributed by atoms with Crippen molar-refractivity contribution < 1.29 is 14.0 Å². The van der Waals surface area contributed by atoms with Crippen molar-refractivity contribution >= 4 is 17.5 Å². The van der Waals surface area contributed by atoms with E-state index in [0.717, 1.165) is 18.5 Å². The predicted octanol–water partition coefficient (Wildman–Crippen LogP) is 3.32. The summed E-state index contributed by atoms with van der Waals surface area (Å²) in [6.45, 7) is 0.855. The number of hydrogen-bond acceptors (Lipinski definition) is 2. The van der Waals surface area contributed by atoms with E-state index < -0.39 is 5.82 Å². The SMILES string of the molecule is O=C(Nc1ccccc1)[C@H]1CCCN(C(=O)c2ccccc2F)C1. The Morgan fingerprint density at radius 2 is 1.75 bits per heavy atom. The fourth-order valence-corrected chi connectivity index (χ4v) is 2.95. The van der Waals surface area contributed by atoms with E-state index in [0.29, 0.717) is 13.1 Å². The number of halogens is 1. The van der Waals surface area contributed by atoms with Gasteiger partial charge in [0, 0.05) is 18.8 Å². The summed E-state index contributed by atoms with van der Waals surface area (Å²) >= 11 is 0. The lowest BCUT2D eigenvalue weighted by molar-refractivity contribution is -0.121. The summed E-state index contributed by atoms with van der Waals surface area (Å²) in [5, 5.41) is 2.87. The van der Waals surface area contributed by atoms with Crippen molar-refractivity contribution in [1.29, 1.82) is 0 Å². The number of nitrogens with zero attached hydrogens (tertiary/aromatic N) is 1. The molecule has 2 aromatic carbocycles. The molecule has 2 amide bonds. The van der Waals surface area contributed by atoms with Crippen molar-refractivity contribution in [2.75, 3.05) is 18.4 Å². The van der Waals surface area contributed by atoms with Gasteiger partial charge >= 0.3 is 0 Å². The fraction of sp³-hybridized carbons (Fsp3) is 0.263. The lowest BCUT2D eigenvalue weighted by atomic mass is 9.96. The number of nitrogens with one attached hydrogen (secondary N) is 1. The molecule has 1 N–H and O–H groups in total. The molecule has 1 fully saturated rings. The predicted molar refractivity (Wildman–Crippen MR) is 90.1 cm³/mol. The van der Waals surface area contributed by atoms with Gasteiger partial charge in [-0.05, 0) is 37.1 Å². The fourth-order valence-electron chi connectivity index (χ4n) is 2.95. The van der Waals surface area contributed by atoms with Crippen LogP contribution >= 0.6 is 0 Å². The molecule has 0 radical (unpaired) electrons. The van der Waals surface area contributed by atoms with E-state index in [4.69, 9.17) is 0 Å². The number of anilines is 1. The highest BCUT2D eigenvalue weighted by atomic mass is 19.1. The van der Waals surface area contributed by atoms with Crippen LogP contribution < -0.4 is 5.32 Å². The van der Waals surface area contributed by atoms with Crippen LogP contribution in [0.1, 0.15) is 23.2 Å². The van der Waals surface area contributed by atoms with Crippen LogP contribution in [0.3, 0.4) is 0 Å². The summed E-state index contributed by atoms with van der Waals surface area (Å²) in [7, 11) is 0. The molecular formula is C19H19FN2O2. The Morgan fingerprint density at radius 1 is 1.04 bits per heavy atom. The lowest BCUT2D eigenvalue weighted by Gasteiger charge is -2.32. The molecule has 5 heteroatoms. The minimum Gasteiger partial charge on any atom is -0.338 e. The number of carbonyl (C=O) groups excluding carboxylic acids is 2. The second kappa shape index (κ2) is 7.25. The van der Waals surface area contributed by atoms with Gasteiger partial charge in [0.25, 0.3) is 5.91 Å². The molecular weight excluding hydrogens is 307 g/mol. The first-order valence-electron chi connectivity index (χ1n) is 8.05. The zero-order valence-electron chi connectivity index (χ0n) is 13.2. The third-order valence-corrected chi connectivity index (χ3v) is 4.22. The largest absolute Gasteiger partial charge is 0.338 e. The molecule has 0 saturated carbocycles. The average Bonchev–Trinajstić information content (AvgIpc) is 2.62. The van der Waals surface area contributed by atoms with Gasteiger partial charge in [0.05, 0.1) is 11.5 Å². The van der Waals surface area contributed by atoms with Gasteiger partial charge in [-0.15, -0.1) is 0 Å². The lowest BCUT2D eigenvalue weighted by Crippen LogP contribution is -2.44. The maximum Gasteiger partial charge on any atom is 0.256 e. The van der Waals surface area contributed by atoms with Gasteiger partial charge in [0.2, 0.25) is 5.91 Å². The molecule has 0 aliphatic carbocycles. The smallest absolute Gasteiger partial charge is 0.256 e. The molecule has 1 atom stereocenters. The maximum absolute atomic E-state index is 13.8. The molecule has 2 aromatic rings. The van der Waals surface area contributed by atoms with Crippen molar-refractivity contribution in [1.82, 2.24) is 4.90 Å². The first kappa shape index (κ1) is 16.2. The van der Waals surface area contributed by atoms with Crippen LogP contribution in [0.25, 0.3) is 0 Å². The molecule has 0 unspecified atom stereocenters. The average molecular weight is 326 g/mol. The van der Waals surface area contributed by atoms with Crippen LogP contribution in [0, 0.1) is 11.7 Å². The first-order valence-corrected chi connectivity index (χ1v) is 8.05. The van der Waals surface area contributed by atoms with E-state index in [-0.39, 0.29) is 23.3 Å². The van der Waals surface area contributed by atoms with Crippen LogP contribution in [-0.2, 0) is 4.79 Å². The highest BCUT2D eigenvalue weighted by Gasteiger charge is 2.29. The Morgan fingerprint density at radius 3 is 2.50 bits per heavy atom. The van der Waals surface area contributed by atoms with Gasteiger partial charge in [-0.3, -0.25) is 9.59 Å². The molecule has 24 heavy (non-hydrogen) atoms. The van der Waals surface area contributed by atoms with E-state index in [9.17, 15) is 14.0 Å². The Balaban J connectivity index is 1.67. The maximum atomic E-state index is 13.8. The molecule has 1 aliphatic heterocycles. The summed E-state index contributed by atoms with van der Waals surface area (Å²) in [4.78, 5) is 26.5. The van der Waals surface area contributed by atoms with E-state index in [1.807, 2.05) is 30.3 Å². The molecule has 0 bridgehead atoms. The zero-order chi connectivity index (χ0) is 16.9. The zero-order valence-corrected chi connectivity index (χ0v) is 13.2. The van der Waals surface area contributed by atoms with Crippen molar-refractivity contribution in [2.45, 2.75) is 12.8 Å². The highest BCUT2D eigenvalue weighted by molar-refractivity contribution is 5.96. The normalized spacial score (nSPS) is 17.4. The molecule has 0 aromatic heterocycles. The first-order chi connectivity index (χ1) is 11.6. The summed E-state index contributed by atoms with van der Waals surface area (Å²) in [5.74, 6) is -1.27. The van der Waals surface area contributed by atoms with Crippen LogP contribution in [0.2, 0.25) is 0 Å². The van der Waals surface area contributed by atoms with Crippen molar-refractivity contribution in [3.05, 3.63) is 66.0 Å². The quantitative estimate of drug-likeness (QED) is 0.941. The third-order valence-electron chi connectivity index (χ3n) is 4.22. The second-order valence-electron chi connectivity index (χ2n) is 5.93. The Hall–Kier alpha value is -2.69. The Labute approximate surface area is 140 Å². The van der Waals surface area contributed by atoms with E-state index in [2.05, 4.69) is 5.32 Å². The van der Waals surface area contributed by atoms with Crippen molar-refractivity contribution in [3.8, 4) is 0 Å². The topological polar surface area (TPSA) is 49.4 Å². The molecule has 1 saturated heterocycles. The monoisotopic (exact) mass is 326 g/mol. The van der Waals surface area contributed by atoms with Crippen molar-refractivity contribution in [2.24, 2.45) is 5.92 Å². The minimum absolute atomic E-state index is 0.0571. The second-order valence-corrected chi connectivity index (χ2v) is 5.93. The number of likely N-dealkylation sites (tertiary alicyclic amines) is 1. The number of hydrogen-bond donors (Lipinski definition) is 1. The minimum atomic E-state index is -0.529. The summed E-state index contributed by atoms with van der Waals surface area (Å²) in [6, 6.07) is 15.2. The van der Waals surface area contributed by atoms with E-state index >= 15 is 0 Å².